The first kappa shape index (κ1) is 25.8. The lowest BCUT2D eigenvalue weighted by Crippen LogP contribution is -2.33. The summed E-state index contributed by atoms with van der Waals surface area (Å²) in [5, 5.41) is 0.728. The van der Waals surface area contributed by atoms with Crippen LogP contribution in [0.15, 0.2) is 64.4 Å². The number of Topliss-reactive ketones (excluding diaryl/α,β-unsaturated/α-hetero) is 1. The van der Waals surface area contributed by atoms with Crippen molar-refractivity contribution in [2.45, 2.75) is 39.3 Å². The van der Waals surface area contributed by atoms with Gasteiger partial charge in [0.2, 0.25) is 0 Å². The van der Waals surface area contributed by atoms with Crippen LogP contribution in [-0.2, 0) is 17.7 Å². The predicted molar refractivity (Wildman–Crippen MR) is 150 cm³/mol. The maximum absolute atomic E-state index is 15.5. The Morgan fingerprint density at radius 1 is 1.07 bits per heavy atom. The summed E-state index contributed by atoms with van der Waals surface area (Å²) in [6, 6.07) is 8.77. The topological polar surface area (TPSA) is 109 Å². The van der Waals surface area contributed by atoms with E-state index in [1.807, 2.05) is 6.07 Å². The number of ketones is 1. The highest BCUT2D eigenvalue weighted by atomic mass is 19.1. The molecule has 0 N–H and O–H groups in total. The monoisotopic (exact) mass is 568 g/mol. The normalized spacial score (nSPS) is 13.1. The smallest absolute Gasteiger partial charge is 0.422 e. The van der Waals surface area contributed by atoms with Gasteiger partial charge in [-0.25, -0.2) is 23.1 Å². The van der Waals surface area contributed by atoms with E-state index in [0.29, 0.717) is 27.7 Å². The molecule has 4 heterocycles. The molecule has 0 saturated heterocycles. The molecule has 0 amide bonds. The molecule has 7 rings (SSSR count). The lowest BCUT2D eigenvalue weighted by Gasteiger charge is -2.19. The molecule has 210 valence electrons. The zero-order valence-corrected chi connectivity index (χ0v) is 22.7. The first-order chi connectivity index (χ1) is 20.0. The van der Waals surface area contributed by atoms with Gasteiger partial charge in [-0.3, -0.25) is 14.6 Å². The quantitative estimate of drug-likeness (QED) is 0.252. The van der Waals surface area contributed by atoms with Crippen LogP contribution in [-0.4, -0.2) is 36.6 Å². The van der Waals surface area contributed by atoms with Crippen LogP contribution in [0, 0.1) is 11.6 Å². The fourth-order valence-corrected chi connectivity index (χ4v) is 5.58. The Balaban J connectivity index is 1.46. The van der Waals surface area contributed by atoms with Crippen LogP contribution in [0.5, 0.6) is 0 Å². The van der Waals surface area contributed by atoms with Gasteiger partial charge in [0.1, 0.15) is 29.1 Å². The van der Waals surface area contributed by atoms with Gasteiger partial charge >= 0.3 is 6.09 Å². The maximum atomic E-state index is 15.5. The second-order valence-electron chi connectivity index (χ2n) is 11.2. The number of ether oxygens (including phenoxy) is 1. The van der Waals surface area contributed by atoms with Crippen LogP contribution in [0.25, 0.3) is 43.9 Å². The maximum Gasteiger partial charge on any atom is 0.422 e. The molecule has 0 fully saturated rings. The molecular formula is C31H22F2N4O5. The largest absolute Gasteiger partial charge is 0.463 e. The minimum atomic E-state index is -0.922. The van der Waals surface area contributed by atoms with Gasteiger partial charge in [0, 0.05) is 29.0 Å². The van der Waals surface area contributed by atoms with Crippen molar-refractivity contribution in [3.63, 3.8) is 0 Å². The second kappa shape index (κ2) is 8.90. The number of pyridine rings is 1. The van der Waals surface area contributed by atoms with E-state index in [1.54, 1.807) is 37.6 Å². The number of halogens is 2. The van der Waals surface area contributed by atoms with Gasteiger partial charge in [-0.2, -0.15) is 0 Å². The number of hydrogen-bond acceptors (Lipinski definition) is 7. The number of nitrogens with zero attached hydrogens (tertiary/aromatic N) is 4. The van der Waals surface area contributed by atoms with Crippen LogP contribution >= 0.6 is 0 Å². The van der Waals surface area contributed by atoms with E-state index in [4.69, 9.17) is 9.15 Å². The van der Waals surface area contributed by atoms with E-state index in [0.717, 1.165) is 17.0 Å². The lowest BCUT2D eigenvalue weighted by molar-refractivity contribution is 0.0529. The number of hydrogen-bond donors (Lipinski definition) is 0. The minimum absolute atomic E-state index is 0.00793. The summed E-state index contributed by atoms with van der Waals surface area (Å²) >= 11 is 0. The van der Waals surface area contributed by atoms with Crippen molar-refractivity contribution in [1.29, 1.82) is 0 Å². The number of aromatic nitrogens is 4. The Bertz CT molecular complexity index is 2200. The fraction of sp³-hybridized carbons (Fsp3) is 0.194. The molecule has 0 radical (unpaired) electrons. The molecule has 0 spiro atoms. The number of benzene rings is 2. The van der Waals surface area contributed by atoms with Crippen molar-refractivity contribution < 1.29 is 27.5 Å². The molecule has 1 aliphatic carbocycles. The highest BCUT2D eigenvalue weighted by Crippen LogP contribution is 2.44. The highest BCUT2D eigenvalue weighted by molar-refractivity contribution is 6.20. The molecule has 6 aromatic rings. The number of fused-ring (bicyclic) bond motifs is 8. The molecule has 0 aliphatic heterocycles. The molecule has 9 nitrogen and oxygen atoms in total. The molecule has 2 aromatic carbocycles. The molecule has 4 aromatic heterocycles. The number of carbonyl (C=O) groups is 2. The van der Waals surface area contributed by atoms with Crippen LogP contribution in [0.3, 0.4) is 0 Å². The van der Waals surface area contributed by atoms with Gasteiger partial charge < -0.3 is 13.7 Å². The summed E-state index contributed by atoms with van der Waals surface area (Å²) in [6.45, 7) is 4.76. The van der Waals surface area contributed by atoms with Crippen LogP contribution < -0.4 is 5.56 Å². The third-order valence-corrected chi connectivity index (χ3v) is 7.31. The Labute approximate surface area is 236 Å². The average Bonchev–Trinajstić information content (AvgIpc) is 3.53. The van der Waals surface area contributed by atoms with Crippen molar-refractivity contribution in [2.24, 2.45) is 0 Å². The summed E-state index contributed by atoms with van der Waals surface area (Å²) < 4.78 is 44.1. The third-order valence-electron chi connectivity index (χ3n) is 7.31. The molecule has 0 atom stereocenters. The summed E-state index contributed by atoms with van der Waals surface area (Å²) in [7, 11) is 0. The minimum Gasteiger partial charge on any atom is -0.463 e. The summed E-state index contributed by atoms with van der Waals surface area (Å²) in [5.41, 5.74) is 1.11. The van der Waals surface area contributed by atoms with Gasteiger partial charge in [0.15, 0.2) is 5.78 Å². The molecule has 0 saturated carbocycles. The molecule has 0 bridgehead atoms. The van der Waals surface area contributed by atoms with E-state index < -0.39 is 28.9 Å². The van der Waals surface area contributed by atoms with Crippen molar-refractivity contribution in [3.05, 3.63) is 94.1 Å². The van der Waals surface area contributed by atoms with Gasteiger partial charge in [-0.1, -0.05) is 6.07 Å². The van der Waals surface area contributed by atoms with Crippen LogP contribution in [0.4, 0.5) is 13.6 Å². The SMILES string of the molecule is CC(C)(C)OC(=O)n1cnc2cc(F)c(Cn3c4c(c5c6occc6c(F)cc53)-c3cccnc3CC4=O)cc2c1=O. The molecular weight excluding hydrogens is 546 g/mol. The molecule has 42 heavy (non-hydrogen) atoms. The van der Waals surface area contributed by atoms with Crippen molar-refractivity contribution in [1.82, 2.24) is 19.1 Å². The number of carbonyl (C=O) groups excluding carboxylic acids is 2. The molecule has 0 unspecified atom stereocenters. The zero-order chi connectivity index (χ0) is 29.5. The van der Waals surface area contributed by atoms with E-state index in [1.165, 1.54) is 24.5 Å². The third kappa shape index (κ3) is 3.84. The van der Waals surface area contributed by atoms with Gasteiger partial charge in [-0.15, -0.1) is 0 Å². The van der Waals surface area contributed by atoms with E-state index in [9.17, 15) is 14.4 Å². The number of rotatable bonds is 2. The molecule has 1 aliphatic rings. The van der Waals surface area contributed by atoms with Crippen molar-refractivity contribution in [3.8, 4) is 11.1 Å². The fourth-order valence-electron chi connectivity index (χ4n) is 5.58. The van der Waals surface area contributed by atoms with Gasteiger partial charge in [0.05, 0.1) is 57.8 Å². The Morgan fingerprint density at radius 2 is 1.88 bits per heavy atom. The predicted octanol–water partition coefficient (Wildman–Crippen LogP) is 6.01. The first-order valence-corrected chi connectivity index (χ1v) is 13.1. The lowest BCUT2D eigenvalue weighted by atomic mass is 9.90. The Morgan fingerprint density at radius 3 is 2.67 bits per heavy atom. The van der Waals surface area contributed by atoms with Crippen LogP contribution in [0.2, 0.25) is 0 Å². The number of furan rings is 1. The van der Waals surface area contributed by atoms with Crippen LogP contribution in [0.1, 0.15) is 42.5 Å². The van der Waals surface area contributed by atoms with Gasteiger partial charge in [0.25, 0.3) is 5.56 Å². The summed E-state index contributed by atoms with van der Waals surface area (Å²) in [5.74, 6) is -1.53. The Kier molecular flexibility index (Phi) is 5.46. The second-order valence-corrected chi connectivity index (χ2v) is 11.2. The standard InChI is InChI=1S/C31H22F2N4O5/c1-31(2,3)42-30(40)37-14-35-21-10-19(32)15(9-18(21)29(37)39)13-36-23-11-20(33)16-6-8-41-28(16)26(23)25-17-5-4-7-34-22(17)12-24(38)27(25)36/h4-11,14H,12-13H2,1-3H3. The average molecular weight is 569 g/mol. The van der Waals surface area contributed by atoms with E-state index in [-0.39, 0.29) is 51.9 Å². The van der Waals surface area contributed by atoms with E-state index in [2.05, 4.69) is 9.97 Å². The summed E-state index contributed by atoms with van der Waals surface area (Å²) in [6.07, 6.45) is 3.05. The highest BCUT2D eigenvalue weighted by Gasteiger charge is 2.33. The van der Waals surface area contributed by atoms with Gasteiger partial charge in [-0.05, 0) is 45.0 Å². The zero-order valence-electron chi connectivity index (χ0n) is 22.7. The van der Waals surface area contributed by atoms with E-state index >= 15 is 8.78 Å². The van der Waals surface area contributed by atoms with Crippen molar-refractivity contribution >= 4 is 44.7 Å². The summed E-state index contributed by atoms with van der Waals surface area (Å²) in [4.78, 5) is 48.0. The first-order valence-electron chi connectivity index (χ1n) is 13.1. The molecule has 11 heteroatoms. The van der Waals surface area contributed by atoms with Crippen molar-refractivity contribution in [2.75, 3.05) is 0 Å². The Hall–Kier alpha value is -5.19.